The average molecular weight is 765 g/mol. The Morgan fingerprint density at radius 1 is 0.400 bits per heavy atom. The van der Waals surface area contributed by atoms with Crippen molar-refractivity contribution in [3.8, 4) is 0 Å². The van der Waals surface area contributed by atoms with E-state index in [1.54, 1.807) is 0 Å². The maximum Gasteiger partial charge on any atom is 0.306 e. The third-order valence-corrected chi connectivity index (χ3v) is 8.95. The molecule has 0 aliphatic heterocycles. The minimum absolute atomic E-state index is 0.103. The van der Waals surface area contributed by atoms with Gasteiger partial charge >= 0.3 is 17.9 Å². The minimum Gasteiger partial charge on any atom is -0.462 e. The van der Waals surface area contributed by atoms with E-state index in [0.717, 1.165) is 103 Å². The van der Waals surface area contributed by atoms with Gasteiger partial charge in [-0.2, -0.15) is 0 Å². The topological polar surface area (TPSA) is 78.9 Å². The molecule has 1 unspecified atom stereocenters. The van der Waals surface area contributed by atoms with Crippen LogP contribution in [0.3, 0.4) is 0 Å². The first-order valence-corrected chi connectivity index (χ1v) is 22.1. The van der Waals surface area contributed by atoms with Crippen LogP contribution in [-0.4, -0.2) is 37.2 Å². The second-order valence-corrected chi connectivity index (χ2v) is 14.3. The van der Waals surface area contributed by atoms with Crippen molar-refractivity contribution in [2.24, 2.45) is 0 Å². The molecule has 0 saturated heterocycles. The van der Waals surface area contributed by atoms with E-state index in [0.29, 0.717) is 19.3 Å². The highest BCUT2D eigenvalue weighted by Gasteiger charge is 2.19. The van der Waals surface area contributed by atoms with Gasteiger partial charge in [-0.3, -0.25) is 14.4 Å². The number of allylic oxidation sites excluding steroid dienone is 14. The fraction of sp³-hybridized carbons (Fsp3) is 0.653. The van der Waals surface area contributed by atoms with Crippen molar-refractivity contribution >= 4 is 17.9 Å². The van der Waals surface area contributed by atoms with Crippen molar-refractivity contribution in [2.75, 3.05) is 13.2 Å². The second-order valence-electron chi connectivity index (χ2n) is 14.3. The molecule has 6 nitrogen and oxygen atoms in total. The van der Waals surface area contributed by atoms with Gasteiger partial charge in [0.2, 0.25) is 0 Å². The number of carbonyl (C=O) groups excluding carboxylic acids is 3. The van der Waals surface area contributed by atoms with Gasteiger partial charge in [0.15, 0.2) is 6.10 Å². The number of rotatable bonds is 38. The van der Waals surface area contributed by atoms with Gasteiger partial charge in [0.25, 0.3) is 0 Å². The first kappa shape index (κ1) is 51.6. The summed E-state index contributed by atoms with van der Waals surface area (Å²) in [7, 11) is 0. The third-order valence-electron chi connectivity index (χ3n) is 8.95. The van der Waals surface area contributed by atoms with Gasteiger partial charge in [-0.1, -0.05) is 164 Å². The minimum atomic E-state index is -0.802. The van der Waals surface area contributed by atoms with Gasteiger partial charge in [0, 0.05) is 19.3 Å². The number of carbonyl (C=O) groups is 3. The fourth-order valence-corrected chi connectivity index (χ4v) is 5.64. The summed E-state index contributed by atoms with van der Waals surface area (Å²) in [4.78, 5) is 37.6. The van der Waals surface area contributed by atoms with Crippen LogP contribution in [0, 0.1) is 0 Å². The normalized spacial score (nSPS) is 12.9. The Balaban J connectivity index is 4.45. The Morgan fingerprint density at radius 3 is 1.35 bits per heavy atom. The van der Waals surface area contributed by atoms with E-state index in [2.05, 4.69) is 99.8 Å². The van der Waals surface area contributed by atoms with Crippen LogP contribution in [0.15, 0.2) is 85.1 Å². The van der Waals surface area contributed by atoms with Crippen LogP contribution in [0.25, 0.3) is 0 Å². The van der Waals surface area contributed by atoms with E-state index < -0.39 is 6.10 Å². The first-order chi connectivity index (χ1) is 27.0. The smallest absolute Gasteiger partial charge is 0.306 e. The Hall–Kier alpha value is -3.41. The highest BCUT2D eigenvalue weighted by Crippen LogP contribution is 2.12. The van der Waals surface area contributed by atoms with Crippen molar-refractivity contribution < 1.29 is 28.6 Å². The lowest BCUT2D eigenvalue weighted by Crippen LogP contribution is -2.30. The van der Waals surface area contributed by atoms with E-state index in [-0.39, 0.29) is 31.1 Å². The van der Waals surface area contributed by atoms with Crippen molar-refractivity contribution in [1.82, 2.24) is 0 Å². The molecule has 0 aliphatic carbocycles. The van der Waals surface area contributed by atoms with E-state index in [1.807, 2.05) is 6.08 Å². The summed E-state index contributed by atoms with van der Waals surface area (Å²) in [6, 6.07) is 0. The monoisotopic (exact) mass is 765 g/mol. The molecule has 0 saturated carbocycles. The van der Waals surface area contributed by atoms with E-state index in [1.165, 1.54) is 44.9 Å². The summed E-state index contributed by atoms with van der Waals surface area (Å²) in [6.45, 7) is 6.26. The second kappa shape index (κ2) is 43.3. The highest BCUT2D eigenvalue weighted by atomic mass is 16.6. The summed E-state index contributed by atoms with van der Waals surface area (Å²) >= 11 is 0. The van der Waals surface area contributed by atoms with Gasteiger partial charge in [-0.15, -0.1) is 0 Å². The Kier molecular flexibility index (Phi) is 40.6. The maximum atomic E-state index is 12.7. The summed E-state index contributed by atoms with van der Waals surface area (Å²) in [5.74, 6) is -0.983. The molecule has 0 spiro atoms. The molecule has 6 heteroatoms. The summed E-state index contributed by atoms with van der Waals surface area (Å²) in [5, 5.41) is 0. The largest absolute Gasteiger partial charge is 0.462 e. The zero-order valence-corrected chi connectivity index (χ0v) is 35.4. The molecule has 0 aromatic heterocycles. The lowest BCUT2D eigenvalue weighted by molar-refractivity contribution is -0.167. The molecule has 0 amide bonds. The van der Waals surface area contributed by atoms with Crippen LogP contribution in [0.5, 0.6) is 0 Å². The molecule has 0 heterocycles. The molecule has 55 heavy (non-hydrogen) atoms. The van der Waals surface area contributed by atoms with Crippen molar-refractivity contribution in [3.05, 3.63) is 85.1 Å². The van der Waals surface area contributed by atoms with Crippen LogP contribution in [0.2, 0.25) is 0 Å². The summed E-state index contributed by atoms with van der Waals surface area (Å²) < 4.78 is 16.6. The quantitative estimate of drug-likeness (QED) is 0.0205. The molecule has 1 atom stereocenters. The predicted molar refractivity (Wildman–Crippen MR) is 233 cm³/mol. The van der Waals surface area contributed by atoms with Crippen molar-refractivity contribution in [2.45, 2.75) is 194 Å². The molecule has 0 N–H and O–H groups in total. The van der Waals surface area contributed by atoms with Crippen LogP contribution >= 0.6 is 0 Å². The highest BCUT2D eigenvalue weighted by molar-refractivity contribution is 5.71. The zero-order chi connectivity index (χ0) is 40.1. The van der Waals surface area contributed by atoms with Crippen LogP contribution in [-0.2, 0) is 28.6 Å². The van der Waals surface area contributed by atoms with Crippen LogP contribution in [0.4, 0.5) is 0 Å². The number of unbranched alkanes of at least 4 members (excludes halogenated alkanes) is 16. The lowest BCUT2D eigenvalue weighted by atomic mass is 10.1. The van der Waals surface area contributed by atoms with E-state index in [9.17, 15) is 14.4 Å². The molecule has 0 aromatic carbocycles. The zero-order valence-electron chi connectivity index (χ0n) is 35.4. The maximum absolute atomic E-state index is 12.7. The summed E-state index contributed by atoms with van der Waals surface area (Å²) in [6.07, 6.45) is 54.3. The van der Waals surface area contributed by atoms with E-state index in [4.69, 9.17) is 14.2 Å². The molecule has 0 rings (SSSR count). The molecule has 0 fully saturated rings. The van der Waals surface area contributed by atoms with E-state index >= 15 is 0 Å². The fourth-order valence-electron chi connectivity index (χ4n) is 5.64. The third kappa shape index (κ3) is 41.6. The van der Waals surface area contributed by atoms with Crippen LogP contribution in [0.1, 0.15) is 188 Å². The van der Waals surface area contributed by atoms with Crippen molar-refractivity contribution in [3.63, 3.8) is 0 Å². The van der Waals surface area contributed by atoms with Gasteiger partial charge in [0.1, 0.15) is 13.2 Å². The molecule has 0 radical (unpaired) electrons. The molecule has 0 bridgehead atoms. The lowest BCUT2D eigenvalue weighted by Gasteiger charge is -2.18. The van der Waals surface area contributed by atoms with Crippen molar-refractivity contribution in [1.29, 1.82) is 0 Å². The number of esters is 3. The average Bonchev–Trinajstić information content (AvgIpc) is 3.18. The predicted octanol–water partition coefficient (Wildman–Crippen LogP) is 14.1. The van der Waals surface area contributed by atoms with Gasteiger partial charge in [-0.05, 0) is 89.9 Å². The standard InChI is InChI=1S/C49H80O6/c1-4-7-10-13-16-19-21-23-24-26-27-30-33-36-39-42-48(51)54-45-46(44-53-47(50)41-38-35-32-29-18-15-12-9-6-3)55-49(52)43-40-37-34-31-28-25-22-20-17-14-11-8-5-2/h8-9,11-12,14,16-23,29,46H,4-7,10,13,15,24-28,30-45H2,1-3H3/b11-8-,12-9-,17-14-,19-16-,22-20-,23-21-,29-18-. The number of hydrogen-bond donors (Lipinski definition) is 0. The van der Waals surface area contributed by atoms with Gasteiger partial charge in [0.05, 0.1) is 0 Å². The summed E-state index contributed by atoms with van der Waals surface area (Å²) in [5.41, 5.74) is 0. The molecule has 0 aromatic rings. The molecule has 0 aliphatic rings. The Morgan fingerprint density at radius 2 is 0.800 bits per heavy atom. The number of hydrogen-bond acceptors (Lipinski definition) is 6. The Labute approximate surface area is 337 Å². The van der Waals surface area contributed by atoms with Gasteiger partial charge in [-0.25, -0.2) is 0 Å². The Bertz CT molecular complexity index is 1110. The molecular weight excluding hydrogens is 685 g/mol. The molecule has 312 valence electrons. The SMILES string of the molecule is CC\C=C/C=C\C=C/CCCCCCCC(=O)OC(COC(=O)CCCC/C=C\C/C=C\CC)COC(=O)CCCCCCCC/C=C\C=C/CCCCC. The van der Waals surface area contributed by atoms with Gasteiger partial charge < -0.3 is 14.2 Å². The molecular formula is C49H80O6. The van der Waals surface area contributed by atoms with Crippen LogP contribution < -0.4 is 0 Å². The number of ether oxygens (including phenoxy) is 3. The first-order valence-electron chi connectivity index (χ1n) is 22.1.